The summed E-state index contributed by atoms with van der Waals surface area (Å²) in [5.41, 5.74) is 1.77. The second kappa shape index (κ2) is 8.04. The molecule has 6 heteroatoms. The fourth-order valence-corrected chi connectivity index (χ4v) is 4.11. The number of likely N-dealkylation sites (tertiary alicyclic amines) is 2. The van der Waals surface area contributed by atoms with E-state index in [4.69, 9.17) is 4.74 Å². The molecule has 138 valence electrons. The Balaban J connectivity index is 1.67. The molecule has 0 bridgehead atoms. The van der Waals surface area contributed by atoms with Crippen LogP contribution in [0.1, 0.15) is 54.6 Å². The Bertz CT molecular complexity index is 605. The molecule has 2 fully saturated rings. The maximum Gasteiger partial charge on any atom is 0.255 e. The molecule has 1 atom stereocenters. The van der Waals surface area contributed by atoms with Gasteiger partial charge in [0.15, 0.2) is 0 Å². The maximum atomic E-state index is 13.0. The quantitative estimate of drug-likeness (QED) is 0.908. The first-order valence-corrected chi connectivity index (χ1v) is 9.31. The van der Waals surface area contributed by atoms with Gasteiger partial charge in [0, 0.05) is 64.6 Å². The number of nitrogens with one attached hydrogen (secondary N) is 1. The summed E-state index contributed by atoms with van der Waals surface area (Å²) in [5, 5.41) is 0. The molecular weight excluding hydrogens is 318 g/mol. The smallest absolute Gasteiger partial charge is 0.255 e. The van der Waals surface area contributed by atoms with Crippen LogP contribution >= 0.6 is 0 Å². The third kappa shape index (κ3) is 4.06. The molecule has 0 saturated carbocycles. The number of H-pyrrole nitrogens is 1. The fourth-order valence-electron chi connectivity index (χ4n) is 4.11. The first-order chi connectivity index (χ1) is 12.1. The van der Waals surface area contributed by atoms with Crippen molar-refractivity contribution < 1.29 is 14.3 Å². The van der Waals surface area contributed by atoms with Gasteiger partial charge < -0.3 is 19.5 Å². The van der Waals surface area contributed by atoms with Crippen LogP contribution in [0, 0.1) is 5.92 Å². The standard InChI is InChI=1S/C19H29N3O3/c1-14(23)22-9-3-4-16(12-22)18-17(5-8-20-18)19(24)21-10-6-15(7-11-21)13-25-2/h5,8,15-16,20H,3-4,6-7,9-13H2,1-2H3. The fraction of sp³-hybridized carbons (Fsp3) is 0.684. The third-order valence-corrected chi connectivity index (χ3v) is 5.59. The van der Waals surface area contributed by atoms with E-state index in [1.165, 1.54) is 0 Å². The summed E-state index contributed by atoms with van der Waals surface area (Å²) in [5.74, 6) is 1.01. The van der Waals surface area contributed by atoms with Gasteiger partial charge in [-0.2, -0.15) is 0 Å². The van der Waals surface area contributed by atoms with Crippen molar-refractivity contribution in [2.24, 2.45) is 5.92 Å². The van der Waals surface area contributed by atoms with Gasteiger partial charge in [0.1, 0.15) is 0 Å². The number of carbonyl (C=O) groups is 2. The highest BCUT2D eigenvalue weighted by Gasteiger charge is 2.30. The van der Waals surface area contributed by atoms with Crippen molar-refractivity contribution in [3.63, 3.8) is 0 Å². The number of nitrogens with zero attached hydrogens (tertiary/aromatic N) is 2. The van der Waals surface area contributed by atoms with Crippen LogP contribution in [0.2, 0.25) is 0 Å². The Morgan fingerprint density at radius 3 is 2.64 bits per heavy atom. The summed E-state index contributed by atoms with van der Waals surface area (Å²) in [7, 11) is 1.73. The zero-order valence-electron chi connectivity index (χ0n) is 15.3. The second-order valence-corrected chi connectivity index (χ2v) is 7.30. The lowest BCUT2D eigenvalue weighted by atomic mass is 9.91. The first-order valence-electron chi connectivity index (χ1n) is 9.31. The molecule has 25 heavy (non-hydrogen) atoms. The van der Waals surface area contributed by atoms with E-state index in [0.717, 1.165) is 63.2 Å². The molecule has 1 aromatic rings. The van der Waals surface area contributed by atoms with Gasteiger partial charge in [0.05, 0.1) is 5.56 Å². The monoisotopic (exact) mass is 347 g/mol. The van der Waals surface area contributed by atoms with Crippen LogP contribution in [0.25, 0.3) is 0 Å². The average Bonchev–Trinajstić information content (AvgIpc) is 3.12. The van der Waals surface area contributed by atoms with Crippen LogP contribution in [-0.2, 0) is 9.53 Å². The van der Waals surface area contributed by atoms with Gasteiger partial charge >= 0.3 is 0 Å². The minimum atomic E-state index is 0.115. The van der Waals surface area contributed by atoms with Gasteiger partial charge in [-0.1, -0.05) is 0 Å². The number of amides is 2. The number of rotatable bonds is 4. The molecule has 3 rings (SSSR count). The third-order valence-electron chi connectivity index (χ3n) is 5.59. The Hall–Kier alpha value is -1.82. The van der Waals surface area contributed by atoms with E-state index >= 15 is 0 Å². The van der Waals surface area contributed by atoms with Gasteiger partial charge in [0.2, 0.25) is 5.91 Å². The molecular formula is C19H29N3O3. The number of hydrogen-bond donors (Lipinski definition) is 1. The van der Waals surface area contributed by atoms with Crippen molar-refractivity contribution in [3.05, 3.63) is 23.5 Å². The SMILES string of the molecule is COCC1CCN(C(=O)c2cc[nH]c2C2CCCN(C(C)=O)C2)CC1. The zero-order chi connectivity index (χ0) is 17.8. The molecule has 0 aliphatic carbocycles. The van der Waals surface area contributed by atoms with Crippen LogP contribution in [0.3, 0.4) is 0 Å². The van der Waals surface area contributed by atoms with Crippen molar-refractivity contribution in [1.82, 2.24) is 14.8 Å². The minimum Gasteiger partial charge on any atom is -0.384 e. The Morgan fingerprint density at radius 2 is 1.96 bits per heavy atom. The average molecular weight is 347 g/mol. The minimum absolute atomic E-state index is 0.115. The molecule has 1 aromatic heterocycles. The van der Waals surface area contributed by atoms with E-state index in [9.17, 15) is 9.59 Å². The number of piperidine rings is 2. The summed E-state index contributed by atoms with van der Waals surface area (Å²) >= 11 is 0. The van der Waals surface area contributed by atoms with E-state index in [0.29, 0.717) is 12.5 Å². The van der Waals surface area contributed by atoms with Gasteiger partial charge in [-0.3, -0.25) is 9.59 Å². The van der Waals surface area contributed by atoms with E-state index in [1.54, 1.807) is 14.0 Å². The molecule has 2 saturated heterocycles. The van der Waals surface area contributed by atoms with Crippen LogP contribution in [0.15, 0.2) is 12.3 Å². The number of methoxy groups -OCH3 is 1. The molecule has 0 aromatic carbocycles. The van der Waals surface area contributed by atoms with Gasteiger partial charge in [0.25, 0.3) is 5.91 Å². The van der Waals surface area contributed by atoms with Gasteiger partial charge in [-0.05, 0) is 37.7 Å². The molecule has 1 N–H and O–H groups in total. The highest BCUT2D eigenvalue weighted by atomic mass is 16.5. The first kappa shape index (κ1) is 18.0. The number of ether oxygens (including phenoxy) is 1. The molecule has 2 aliphatic heterocycles. The molecule has 3 heterocycles. The maximum absolute atomic E-state index is 13.0. The van der Waals surface area contributed by atoms with Crippen molar-refractivity contribution in [2.45, 2.75) is 38.5 Å². The topological polar surface area (TPSA) is 65.6 Å². The van der Waals surface area contributed by atoms with E-state index < -0.39 is 0 Å². The summed E-state index contributed by atoms with van der Waals surface area (Å²) in [4.78, 5) is 31.8. The largest absolute Gasteiger partial charge is 0.384 e. The Kier molecular flexibility index (Phi) is 5.78. The molecule has 6 nitrogen and oxygen atoms in total. The van der Waals surface area contributed by atoms with E-state index in [-0.39, 0.29) is 17.7 Å². The number of aromatic amines is 1. The predicted octanol–water partition coefficient (Wildman–Crippen LogP) is 2.24. The van der Waals surface area contributed by atoms with Gasteiger partial charge in [-0.25, -0.2) is 0 Å². The van der Waals surface area contributed by atoms with Crippen molar-refractivity contribution >= 4 is 11.8 Å². The summed E-state index contributed by atoms with van der Waals surface area (Å²) in [6.45, 7) is 5.51. The Morgan fingerprint density at radius 1 is 1.20 bits per heavy atom. The predicted molar refractivity (Wildman–Crippen MR) is 95.5 cm³/mol. The van der Waals surface area contributed by atoms with Crippen LogP contribution < -0.4 is 0 Å². The number of aromatic nitrogens is 1. The molecule has 0 spiro atoms. The van der Waals surface area contributed by atoms with Crippen molar-refractivity contribution in [2.75, 3.05) is 39.9 Å². The zero-order valence-corrected chi connectivity index (χ0v) is 15.3. The molecule has 2 amide bonds. The van der Waals surface area contributed by atoms with Crippen molar-refractivity contribution in [3.8, 4) is 0 Å². The Labute approximate surface area is 149 Å². The lowest BCUT2D eigenvalue weighted by molar-refractivity contribution is -0.130. The molecule has 1 unspecified atom stereocenters. The molecule has 0 radical (unpaired) electrons. The highest BCUT2D eigenvalue weighted by Crippen LogP contribution is 2.30. The van der Waals surface area contributed by atoms with Crippen LogP contribution in [-0.4, -0.2) is 66.5 Å². The highest BCUT2D eigenvalue weighted by molar-refractivity contribution is 5.95. The van der Waals surface area contributed by atoms with E-state index in [2.05, 4.69) is 4.98 Å². The van der Waals surface area contributed by atoms with Crippen LogP contribution in [0.4, 0.5) is 0 Å². The number of carbonyl (C=O) groups excluding carboxylic acids is 2. The van der Waals surface area contributed by atoms with Crippen molar-refractivity contribution in [1.29, 1.82) is 0 Å². The lowest BCUT2D eigenvalue weighted by Crippen LogP contribution is -2.41. The molecule has 2 aliphatic rings. The second-order valence-electron chi connectivity index (χ2n) is 7.30. The van der Waals surface area contributed by atoms with Gasteiger partial charge in [-0.15, -0.1) is 0 Å². The number of hydrogen-bond acceptors (Lipinski definition) is 3. The summed E-state index contributed by atoms with van der Waals surface area (Å²) in [6, 6.07) is 1.89. The lowest BCUT2D eigenvalue weighted by Gasteiger charge is -2.34. The summed E-state index contributed by atoms with van der Waals surface area (Å²) < 4.78 is 5.24. The van der Waals surface area contributed by atoms with E-state index in [1.807, 2.05) is 22.1 Å². The summed E-state index contributed by atoms with van der Waals surface area (Å²) in [6.07, 6.45) is 5.86. The normalized spacial score (nSPS) is 22.2. The van der Waals surface area contributed by atoms with Crippen LogP contribution in [0.5, 0.6) is 0 Å².